The summed E-state index contributed by atoms with van der Waals surface area (Å²) in [5, 5.41) is 24.2. The van der Waals surface area contributed by atoms with Crippen molar-refractivity contribution in [1.82, 2.24) is 70.7 Å². The molecule has 1 unspecified atom stereocenters. The van der Waals surface area contributed by atoms with Gasteiger partial charge in [0.25, 0.3) is 11.8 Å². The van der Waals surface area contributed by atoms with E-state index >= 15 is 0 Å². The number of benzene rings is 5. The molecule has 3 amide bonds. The van der Waals surface area contributed by atoms with Crippen LogP contribution in [-0.4, -0.2) is 98.0 Å². The van der Waals surface area contributed by atoms with Crippen LogP contribution in [0.2, 0.25) is 0 Å². The lowest BCUT2D eigenvalue weighted by molar-refractivity contribution is -0.0365. The van der Waals surface area contributed by atoms with Crippen LogP contribution in [0.25, 0.3) is 67.1 Å². The zero-order valence-electron chi connectivity index (χ0n) is 56.3. The van der Waals surface area contributed by atoms with Crippen LogP contribution in [0.1, 0.15) is 174 Å². The second-order valence-corrected chi connectivity index (χ2v) is 26.6. The van der Waals surface area contributed by atoms with Gasteiger partial charge in [0.15, 0.2) is 17.9 Å². The normalized spacial score (nSPS) is 16.9. The highest BCUT2D eigenvalue weighted by Crippen LogP contribution is 2.38. The molecule has 1 fully saturated rings. The number of carbonyl (C=O) groups excluding carboxylic acids is 3. The number of nitrogens with two attached hydrogens (primary N) is 1. The number of pyridine rings is 2. The van der Waals surface area contributed by atoms with E-state index in [4.69, 9.17) is 20.3 Å². The molecule has 5 aromatic carbocycles. The Morgan fingerprint density at radius 1 is 0.660 bits per heavy atom. The first-order valence-corrected chi connectivity index (χ1v) is 34.0. The molecule has 4 aliphatic rings. The Balaban J connectivity index is 0.000000157. The van der Waals surface area contributed by atoms with Gasteiger partial charge < -0.3 is 46.0 Å². The van der Waals surface area contributed by atoms with E-state index in [-0.39, 0.29) is 36.2 Å². The Morgan fingerprint density at radius 2 is 1.23 bits per heavy atom. The number of nitrogens with zero attached hydrogens (tertiary/aromatic N) is 8. The summed E-state index contributed by atoms with van der Waals surface area (Å²) in [7, 11) is 0. The first kappa shape index (κ1) is 65.5. The van der Waals surface area contributed by atoms with Gasteiger partial charge >= 0.3 is 6.09 Å². The summed E-state index contributed by atoms with van der Waals surface area (Å²) in [5.41, 5.74) is 25.3. The lowest BCUT2D eigenvalue weighted by atomic mass is 9.97. The van der Waals surface area contributed by atoms with Crippen molar-refractivity contribution >= 4 is 39.7 Å². The van der Waals surface area contributed by atoms with Gasteiger partial charge in [-0.2, -0.15) is 10.2 Å². The number of fused-ring (bicyclic) bond motifs is 5. The number of amides is 3. The largest absolute Gasteiger partial charge is 0.444 e. The minimum atomic E-state index is -0.583. The van der Waals surface area contributed by atoms with Crippen molar-refractivity contribution in [3.8, 4) is 45.3 Å². The van der Waals surface area contributed by atoms with Gasteiger partial charge in [-0.25, -0.2) is 19.4 Å². The third-order valence-corrected chi connectivity index (χ3v) is 19.1. The van der Waals surface area contributed by atoms with Crippen LogP contribution in [-0.2, 0) is 41.8 Å². The van der Waals surface area contributed by atoms with Crippen molar-refractivity contribution in [3.05, 3.63) is 213 Å². The molecule has 1 saturated heterocycles. The molecule has 7 heterocycles. The molecule has 0 bridgehead atoms. The predicted octanol–water partition coefficient (Wildman–Crippen LogP) is 14.2. The number of carbonyl (C=O) groups is 3. The van der Waals surface area contributed by atoms with Crippen molar-refractivity contribution in [2.75, 3.05) is 19.7 Å². The van der Waals surface area contributed by atoms with Crippen molar-refractivity contribution in [1.29, 1.82) is 0 Å². The lowest BCUT2D eigenvalue weighted by Crippen LogP contribution is -2.36. The molecule has 6 aromatic heterocycles. The first-order chi connectivity index (χ1) is 47.1. The first-order valence-electron chi connectivity index (χ1n) is 34.0. The van der Waals surface area contributed by atoms with Gasteiger partial charge in [0.1, 0.15) is 28.4 Å². The average Bonchev–Trinajstić information content (AvgIpc) is 1.63. The number of imidazole rings is 2. The second kappa shape index (κ2) is 28.7. The van der Waals surface area contributed by atoms with E-state index in [2.05, 4.69) is 156 Å². The van der Waals surface area contributed by atoms with E-state index < -0.39 is 5.60 Å². The Kier molecular flexibility index (Phi) is 19.4. The fourth-order valence-corrected chi connectivity index (χ4v) is 13.7. The third kappa shape index (κ3) is 14.2. The van der Waals surface area contributed by atoms with E-state index in [1.165, 1.54) is 44.5 Å². The van der Waals surface area contributed by atoms with Crippen LogP contribution in [0.3, 0.4) is 0 Å². The molecular weight excluding hydrogens is 1210 g/mol. The topological polar surface area (TPSA) is 265 Å². The van der Waals surface area contributed by atoms with E-state index in [1.807, 2.05) is 87.5 Å². The standard InChI is InChI=1S/C39H45N7O4.C29H29N7O.C9H11N/c1-6-45(38(48)50-39(3,4)5)23-27-20-40-21-30(24(27)2)26-15-17-33-29(19-26)35(44-46(33)34-13-9-10-18-49-34)36-41-22-32(42-36)37(47)43-31-16-14-25-11-7-8-12-28(25)31;1-3-30-13-20-14-31-15-23(17(20)2)19-9-11-25-22(12-19)27(36-35-25)28-32-16-26(33-28)29(37)34-24-10-8-18-6-4-5-7-21(18)24;10-9-6-5-7-3-1-2-4-8(7)9/h7-8,11-12,15,17,19-22,31,34H,6,9-10,13-14,16,18,23H2,1-5H3,(H,41,42)(H,43,47);4-7,9,11-12,14-16,24,30H,3,8,10,13H2,1-2H3,(H,32,33)(H,34,37)(H,35,36);1-4,9H,5-6,10H2/t31-,34?;24-;9-/m000/s1. The minimum Gasteiger partial charge on any atom is -0.444 e. The molecule has 0 saturated carbocycles. The highest BCUT2D eigenvalue weighted by molar-refractivity contribution is 5.98. The van der Waals surface area contributed by atoms with Gasteiger partial charge in [-0.15, -0.1) is 0 Å². The number of H-pyrrole nitrogens is 3. The Hall–Kier alpha value is -10.2. The van der Waals surface area contributed by atoms with E-state index in [0.29, 0.717) is 60.2 Å². The molecule has 20 heteroatoms. The van der Waals surface area contributed by atoms with Crippen molar-refractivity contribution < 1.29 is 23.9 Å². The molecule has 3 aliphatic carbocycles. The van der Waals surface area contributed by atoms with E-state index in [1.54, 1.807) is 17.3 Å². The molecule has 11 aromatic rings. The second-order valence-electron chi connectivity index (χ2n) is 26.6. The molecule has 97 heavy (non-hydrogen) atoms. The van der Waals surface area contributed by atoms with Crippen molar-refractivity contribution in [2.24, 2.45) is 5.73 Å². The van der Waals surface area contributed by atoms with E-state index in [9.17, 15) is 14.4 Å². The quantitative estimate of drug-likeness (QED) is 0.0504. The van der Waals surface area contributed by atoms with Crippen LogP contribution >= 0.6 is 0 Å². The number of hydrogen-bond donors (Lipinski definition) is 7. The van der Waals surface area contributed by atoms with Gasteiger partial charge in [-0.3, -0.25) is 24.7 Å². The number of aromatic amines is 3. The summed E-state index contributed by atoms with van der Waals surface area (Å²) >= 11 is 0. The van der Waals surface area contributed by atoms with Gasteiger partial charge in [-0.1, -0.05) is 91.9 Å². The zero-order valence-corrected chi connectivity index (χ0v) is 56.3. The van der Waals surface area contributed by atoms with Gasteiger partial charge in [0.05, 0.1) is 42.1 Å². The van der Waals surface area contributed by atoms with Crippen molar-refractivity contribution in [3.63, 3.8) is 0 Å². The van der Waals surface area contributed by atoms with Gasteiger partial charge in [-0.05, 0) is 197 Å². The summed E-state index contributed by atoms with van der Waals surface area (Å²) in [6.07, 6.45) is 19.1. The summed E-state index contributed by atoms with van der Waals surface area (Å²) in [5.74, 6) is 0.700. The number of nitrogens with one attached hydrogen (secondary N) is 6. The summed E-state index contributed by atoms with van der Waals surface area (Å²) in [6.45, 7) is 17.1. The van der Waals surface area contributed by atoms with Crippen LogP contribution in [0.5, 0.6) is 0 Å². The summed E-state index contributed by atoms with van der Waals surface area (Å²) < 4.78 is 13.8. The van der Waals surface area contributed by atoms with Crippen molar-refractivity contribution in [2.45, 2.75) is 149 Å². The Labute approximate surface area is 565 Å². The van der Waals surface area contributed by atoms with Crippen LogP contribution in [0.15, 0.2) is 146 Å². The molecule has 15 rings (SSSR count). The predicted molar refractivity (Wildman–Crippen MR) is 377 cm³/mol. The average molecular weight is 1300 g/mol. The number of aromatic nitrogens is 10. The molecule has 8 N–H and O–H groups in total. The molecule has 4 atom stereocenters. The zero-order chi connectivity index (χ0) is 67.3. The number of rotatable bonds is 15. The highest BCUT2D eigenvalue weighted by atomic mass is 16.6. The molecule has 0 radical (unpaired) electrons. The van der Waals surface area contributed by atoms with Crippen LogP contribution in [0.4, 0.5) is 4.79 Å². The van der Waals surface area contributed by atoms with Gasteiger partial charge in [0.2, 0.25) is 0 Å². The third-order valence-electron chi connectivity index (χ3n) is 19.1. The number of hydrogen-bond acceptors (Lipinski definition) is 13. The Bertz CT molecular complexity index is 4660. The SMILES string of the molecule is CCN(Cc1cncc(-c2ccc3c(c2)c(-c2ncc(C(=O)N[C@H]4CCc5ccccc54)[nH]2)nn3C2CCCCO2)c1C)C(=O)OC(C)(C)C.CCNCc1cncc(-c2ccc3[nH]nc(-c4ncc(C(=O)N[C@H]5CCc6ccccc65)[nH]4)c3c2)c1C.N[C@H]1CCc2ccccc21. The molecule has 498 valence electrons. The summed E-state index contributed by atoms with van der Waals surface area (Å²) in [4.78, 5) is 65.7. The van der Waals surface area contributed by atoms with Gasteiger partial charge in [0, 0.05) is 72.4 Å². The monoisotopic (exact) mass is 1300 g/mol. The smallest absolute Gasteiger partial charge is 0.410 e. The molecule has 0 spiro atoms. The fraction of sp³-hybridized carbons (Fsp3) is 0.338. The summed E-state index contributed by atoms with van der Waals surface area (Å²) in [6, 6.07) is 37.7. The number of ether oxygens (including phenoxy) is 2. The highest BCUT2D eigenvalue weighted by Gasteiger charge is 2.30. The maximum atomic E-state index is 13.4. The number of aryl methyl sites for hydroxylation is 3. The van der Waals surface area contributed by atoms with Crippen LogP contribution < -0.4 is 21.7 Å². The van der Waals surface area contributed by atoms with Crippen LogP contribution in [0, 0.1) is 13.8 Å². The lowest BCUT2D eigenvalue weighted by Gasteiger charge is -2.27. The maximum absolute atomic E-state index is 13.4. The minimum absolute atomic E-state index is 0.0179. The Morgan fingerprint density at radius 3 is 1.82 bits per heavy atom. The van der Waals surface area contributed by atoms with E-state index in [0.717, 1.165) is 126 Å². The fourth-order valence-electron chi connectivity index (χ4n) is 13.7. The molecule has 1 aliphatic heterocycles. The molecular formula is C77H85N15O5. The maximum Gasteiger partial charge on any atom is 0.410 e. The molecule has 20 nitrogen and oxygen atoms in total.